The molecule has 0 atom stereocenters. The molecule has 3 rings (SSSR count). The van der Waals surface area contributed by atoms with Gasteiger partial charge in [-0.15, -0.1) is 0 Å². The highest BCUT2D eigenvalue weighted by atomic mass is 32.2. The van der Waals surface area contributed by atoms with Gasteiger partial charge in [0, 0.05) is 11.4 Å². The molecule has 170 valence electrons. The summed E-state index contributed by atoms with van der Waals surface area (Å²) in [5.74, 6) is 1.43. The summed E-state index contributed by atoms with van der Waals surface area (Å²) in [5, 5.41) is 3.61. The van der Waals surface area contributed by atoms with Crippen LogP contribution in [0, 0.1) is 6.92 Å². The van der Waals surface area contributed by atoms with Crippen LogP contribution in [-0.2, 0) is 11.8 Å². The molecule has 1 N–H and O–H groups in total. The molecule has 1 amide bonds. The third-order valence-corrected chi connectivity index (χ3v) is 6.31. The largest absolute Gasteiger partial charge is 0.493 e. The average molecular weight is 454 g/mol. The number of methoxy groups -OCH3 is 2. The fraction of sp³-hybridized carbons (Fsp3) is 0.346. The molecule has 0 aliphatic heterocycles. The number of para-hydroxylation sites is 1. The Hall–Kier alpha value is -2.86. The van der Waals surface area contributed by atoms with E-state index in [-0.39, 0.29) is 11.3 Å². The number of hydrogen-bond acceptors (Lipinski definition) is 5. The Morgan fingerprint density at radius 1 is 1.06 bits per heavy atom. The van der Waals surface area contributed by atoms with E-state index in [2.05, 4.69) is 51.2 Å². The predicted octanol–water partition coefficient (Wildman–Crippen LogP) is 6.03. The van der Waals surface area contributed by atoms with Gasteiger partial charge in [0.1, 0.15) is 0 Å². The first-order valence-electron chi connectivity index (χ1n) is 10.6. The van der Waals surface area contributed by atoms with E-state index in [1.165, 1.54) is 22.9 Å². The van der Waals surface area contributed by atoms with Gasteiger partial charge < -0.3 is 19.2 Å². The number of rotatable bonds is 8. The highest BCUT2D eigenvalue weighted by Gasteiger charge is 2.17. The average Bonchev–Trinajstić information content (AvgIpc) is 3.22. The topological polar surface area (TPSA) is 60.7 Å². The Balaban J connectivity index is 1.62. The molecule has 0 saturated heterocycles. The summed E-state index contributed by atoms with van der Waals surface area (Å²) < 4.78 is 16.6. The summed E-state index contributed by atoms with van der Waals surface area (Å²) in [4.78, 5) is 13.7. The zero-order chi connectivity index (χ0) is 23.3. The van der Waals surface area contributed by atoms with E-state index in [4.69, 9.17) is 13.9 Å². The van der Waals surface area contributed by atoms with Crippen LogP contribution in [0.4, 0.5) is 0 Å². The summed E-state index contributed by atoms with van der Waals surface area (Å²) in [6.07, 6.45) is 0.618. The maximum atomic E-state index is 12.6. The summed E-state index contributed by atoms with van der Waals surface area (Å²) in [5.41, 5.74) is 3.49. The first-order valence-corrected chi connectivity index (χ1v) is 11.4. The van der Waals surface area contributed by atoms with E-state index in [1.807, 2.05) is 24.3 Å². The summed E-state index contributed by atoms with van der Waals surface area (Å²) in [6, 6.07) is 15.8. The normalized spacial score (nSPS) is 11.3. The van der Waals surface area contributed by atoms with E-state index < -0.39 is 0 Å². The van der Waals surface area contributed by atoms with Crippen molar-refractivity contribution in [3.05, 3.63) is 71.0 Å². The van der Waals surface area contributed by atoms with Gasteiger partial charge in [-0.2, -0.15) is 0 Å². The van der Waals surface area contributed by atoms with Gasteiger partial charge in [0.2, 0.25) is 0 Å². The Morgan fingerprint density at radius 2 is 1.84 bits per heavy atom. The molecule has 3 aromatic rings. The molecule has 0 aliphatic rings. The number of ether oxygens (including phenoxy) is 2. The second kappa shape index (κ2) is 10.2. The smallest absolute Gasteiger partial charge is 0.287 e. The molecule has 1 aromatic heterocycles. The van der Waals surface area contributed by atoms with E-state index in [0.29, 0.717) is 35.3 Å². The number of furan rings is 1. The molecule has 0 aliphatic carbocycles. The Kier molecular flexibility index (Phi) is 7.56. The third-order valence-electron chi connectivity index (χ3n) is 5.23. The van der Waals surface area contributed by atoms with Crippen molar-refractivity contribution in [2.45, 2.75) is 49.5 Å². The maximum absolute atomic E-state index is 12.6. The molecule has 0 unspecified atom stereocenters. The van der Waals surface area contributed by atoms with Crippen molar-refractivity contribution in [2.24, 2.45) is 0 Å². The zero-order valence-corrected chi connectivity index (χ0v) is 20.4. The number of hydrogen-bond donors (Lipinski definition) is 1. The van der Waals surface area contributed by atoms with Crippen molar-refractivity contribution < 1.29 is 18.7 Å². The fourth-order valence-corrected chi connectivity index (χ4v) is 4.23. The molecular formula is C26H31NO4S. The number of aryl methyl sites for hydroxylation is 1. The molecular weight excluding hydrogens is 422 g/mol. The summed E-state index contributed by atoms with van der Waals surface area (Å²) in [6.45, 7) is 9.13. The van der Waals surface area contributed by atoms with Gasteiger partial charge in [0.25, 0.3) is 5.91 Å². The Bertz CT molecular complexity index is 1080. The van der Waals surface area contributed by atoms with Crippen molar-refractivity contribution in [3.8, 4) is 11.5 Å². The van der Waals surface area contributed by atoms with Crippen molar-refractivity contribution >= 4 is 17.7 Å². The molecule has 0 bridgehead atoms. The SMILES string of the molecule is COc1cccc(CCNC(=O)c2ccc(Sc3cc(C(C)(C)C)ccc3C)o2)c1OC. The molecule has 0 spiro atoms. The maximum Gasteiger partial charge on any atom is 0.287 e. The van der Waals surface area contributed by atoms with Crippen molar-refractivity contribution in [1.29, 1.82) is 0 Å². The van der Waals surface area contributed by atoms with Gasteiger partial charge in [-0.05, 0) is 59.7 Å². The molecule has 0 fully saturated rings. The van der Waals surface area contributed by atoms with Gasteiger partial charge in [0.15, 0.2) is 22.4 Å². The number of carbonyl (C=O) groups excluding carboxylic acids is 1. The zero-order valence-electron chi connectivity index (χ0n) is 19.6. The lowest BCUT2D eigenvalue weighted by molar-refractivity contribution is 0.0921. The van der Waals surface area contributed by atoms with Crippen LogP contribution in [0.5, 0.6) is 11.5 Å². The van der Waals surface area contributed by atoms with Crippen LogP contribution in [-0.4, -0.2) is 26.7 Å². The predicted molar refractivity (Wildman–Crippen MR) is 128 cm³/mol. The second-order valence-electron chi connectivity index (χ2n) is 8.61. The van der Waals surface area contributed by atoms with Gasteiger partial charge in [0.05, 0.1) is 14.2 Å². The molecule has 0 saturated carbocycles. The molecule has 32 heavy (non-hydrogen) atoms. The van der Waals surface area contributed by atoms with Crippen molar-refractivity contribution in [1.82, 2.24) is 5.32 Å². The van der Waals surface area contributed by atoms with Crippen LogP contribution in [0.2, 0.25) is 0 Å². The van der Waals surface area contributed by atoms with Gasteiger partial charge in [-0.25, -0.2) is 0 Å². The molecule has 0 radical (unpaired) electrons. The Labute approximate surface area is 194 Å². The first-order chi connectivity index (χ1) is 15.2. The van der Waals surface area contributed by atoms with Crippen LogP contribution >= 0.6 is 11.8 Å². The van der Waals surface area contributed by atoms with E-state index in [1.54, 1.807) is 20.3 Å². The van der Waals surface area contributed by atoms with Crippen LogP contribution in [0.15, 0.2) is 62.9 Å². The molecule has 6 heteroatoms. The van der Waals surface area contributed by atoms with Gasteiger partial charge >= 0.3 is 0 Å². The minimum atomic E-state index is -0.237. The van der Waals surface area contributed by atoms with Crippen LogP contribution in [0.25, 0.3) is 0 Å². The van der Waals surface area contributed by atoms with Crippen LogP contribution < -0.4 is 14.8 Å². The lowest BCUT2D eigenvalue weighted by Crippen LogP contribution is -2.25. The second-order valence-corrected chi connectivity index (χ2v) is 9.66. The number of nitrogens with one attached hydrogen (secondary N) is 1. The quantitative estimate of drug-likeness (QED) is 0.451. The summed E-state index contributed by atoms with van der Waals surface area (Å²) >= 11 is 1.54. The van der Waals surface area contributed by atoms with E-state index in [0.717, 1.165) is 10.5 Å². The van der Waals surface area contributed by atoms with Gasteiger partial charge in [-0.3, -0.25) is 4.79 Å². The fourth-order valence-electron chi connectivity index (χ4n) is 3.33. The van der Waals surface area contributed by atoms with Crippen molar-refractivity contribution in [3.63, 3.8) is 0 Å². The number of benzene rings is 2. The van der Waals surface area contributed by atoms with Crippen molar-refractivity contribution in [2.75, 3.05) is 20.8 Å². The number of amides is 1. The first kappa shape index (κ1) is 23.8. The van der Waals surface area contributed by atoms with Gasteiger partial charge in [-0.1, -0.05) is 56.8 Å². The van der Waals surface area contributed by atoms with E-state index >= 15 is 0 Å². The lowest BCUT2D eigenvalue weighted by atomic mass is 9.87. The minimum Gasteiger partial charge on any atom is -0.493 e. The highest BCUT2D eigenvalue weighted by Crippen LogP contribution is 2.35. The molecule has 1 heterocycles. The standard InChI is InChI=1S/C26H31NO4S/c1-17-10-11-19(26(2,3)4)16-22(17)32-23-13-12-21(31-23)25(28)27-15-14-18-8-7-9-20(29-5)24(18)30-6/h7-13,16H,14-15H2,1-6H3,(H,27,28). The van der Waals surface area contributed by atoms with Crippen LogP contribution in [0.3, 0.4) is 0 Å². The third kappa shape index (κ3) is 5.68. The highest BCUT2D eigenvalue weighted by molar-refractivity contribution is 7.99. The Morgan fingerprint density at radius 3 is 2.53 bits per heavy atom. The monoisotopic (exact) mass is 453 g/mol. The number of carbonyl (C=O) groups is 1. The minimum absolute atomic E-state index is 0.0721. The molecule has 2 aromatic carbocycles. The molecule has 5 nitrogen and oxygen atoms in total. The summed E-state index contributed by atoms with van der Waals surface area (Å²) in [7, 11) is 3.22. The van der Waals surface area contributed by atoms with E-state index in [9.17, 15) is 4.79 Å². The van der Waals surface area contributed by atoms with Crippen LogP contribution in [0.1, 0.15) is 48.0 Å². The lowest BCUT2D eigenvalue weighted by Gasteiger charge is -2.20.